The van der Waals surface area contributed by atoms with E-state index in [-0.39, 0.29) is 4.90 Å². The van der Waals surface area contributed by atoms with Gasteiger partial charge in [0.15, 0.2) is 0 Å². The van der Waals surface area contributed by atoms with E-state index in [2.05, 4.69) is 10.1 Å². The van der Waals surface area contributed by atoms with Crippen LogP contribution in [0.1, 0.15) is 52.0 Å². The molecule has 0 radical (unpaired) electrons. The Morgan fingerprint density at radius 3 is 2.20 bits per heavy atom. The van der Waals surface area contributed by atoms with Gasteiger partial charge in [-0.25, -0.2) is 13.2 Å². The van der Waals surface area contributed by atoms with E-state index >= 15 is 0 Å². The molecule has 7 nitrogen and oxygen atoms in total. The van der Waals surface area contributed by atoms with Crippen molar-refractivity contribution in [3.05, 3.63) is 59.2 Å². The highest BCUT2D eigenvalue weighted by atomic mass is 32.2. The second kappa shape index (κ2) is 9.40. The Hall–Kier alpha value is -2.71. The second-order valence-electron chi connectivity index (χ2n) is 7.32. The maximum Gasteiger partial charge on any atom is 0.337 e. The minimum atomic E-state index is -3.65. The summed E-state index contributed by atoms with van der Waals surface area (Å²) in [6.07, 6.45) is 3.75. The molecule has 160 valence electrons. The molecule has 1 amide bonds. The lowest BCUT2D eigenvalue weighted by atomic mass is 10.1. The van der Waals surface area contributed by atoms with Crippen molar-refractivity contribution < 1.29 is 22.7 Å². The first kappa shape index (κ1) is 22.0. The Bertz CT molecular complexity index is 1020. The Morgan fingerprint density at radius 2 is 1.60 bits per heavy atom. The fourth-order valence-corrected chi connectivity index (χ4v) is 4.99. The van der Waals surface area contributed by atoms with Gasteiger partial charge in [0.1, 0.15) is 0 Å². The van der Waals surface area contributed by atoms with E-state index in [1.807, 2.05) is 0 Å². The number of rotatable bonds is 5. The van der Waals surface area contributed by atoms with Crippen LogP contribution in [0.3, 0.4) is 0 Å². The summed E-state index contributed by atoms with van der Waals surface area (Å²) in [5, 5.41) is 2.75. The number of nitrogens with zero attached hydrogens (tertiary/aromatic N) is 1. The van der Waals surface area contributed by atoms with Gasteiger partial charge in [0.05, 0.1) is 17.6 Å². The Labute approximate surface area is 177 Å². The topological polar surface area (TPSA) is 92.8 Å². The van der Waals surface area contributed by atoms with E-state index < -0.39 is 21.9 Å². The summed E-state index contributed by atoms with van der Waals surface area (Å²) in [5.41, 5.74) is 1.83. The zero-order chi connectivity index (χ0) is 21.7. The highest BCUT2D eigenvalue weighted by Gasteiger charge is 2.26. The van der Waals surface area contributed by atoms with E-state index in [1.54, 1.807) is 43.3 Å². The first-order valence-electron chi connectivity index (χ1n) is 9.93. The van der Waals surface area contributed by atoms with Crippen molar-refractivity contribution in [2.45, 2.75) is 37.5 Å². The molecule has 0 aromatic heterocycles. The molecule has 2 aromatic carbocycles. The van der Waals surface area contributed by atoms with Gasteiger partial charge in [0.25, 0.3) is 5.91 Å². The highest BCUT2D eigenvalue weighted by molar-refractivity contribution is 7.89. The maximum atomic E-state index is 13.1. The number of methoxy groups -OCH3 is 1. The van der Waals surface area contributed by atoms with E-state index in [1.165, 1.54) is 17.5 Å². The predicted molar refractivity (Wildman–Crippen MR) is 114 cm³/mol. The standard InChI is InChI=1S/C22H26N2O5S/c1-16-7-12-19(30(27,28)24-13-5-3-4-6-14-24)15-20(16)21(25)23-18-10-8-17(9-11-18)22(26)29-2/h7-12,15H,3-6,13-14H2,1-2H3,(H,23,25). The number of hydrogen-bond acceptors (Lipinski definition) is 5. The molecule has 3 rings (SSSR count). The van der Waals surface area contributed by atoms with Gasteiger partial charge in [-0.2, -0.15) is 4.31 Å². The van der Waals surface area contributed by atoms with Crippen LogP contribution in [0.2, 0.25) is 0 Å². The summed E-state index contributed by atoms with van der Waals surface area (Å²) in [5.74, 6) is -0.874. The predicted octanol–water partition coefficient (Wildman–Crippen LogP) is 3.60. The van der Waals surface area contributed by atoms with Gasteiger partial charge in [-0.1, -0.05) is 18.9 Å². The molecule has 0 saturated carbocycles. The minimum Gasteiger partial charge on any atom is -0.465 e. The number of aryl methyl sites for hydroxylation is 1. The van der Waals surface area contributed by atoms with E-state index in [9.17, 15) is 18.0 Å². The fourth-order valence-electron chi connectivity index (χ4n) is 3.44. The Kier molecular flexibility index (Phi) is 6.89. The van der Waals surface area contributed by atoms with Crippen LogP contribution in [0.25, 0.3) is 0 Å². The summed E-state index contributed by atoms with van der Waals surface area (Å²) in [4.78, 5) is 24.5. The van der Waals surface area contributed by atoms with Gasteiger partial charge in [-0.05, 0) is 61.7 Å². The van der Waals surface area contributed by atoms with Crippen LogP contribution in [-0.4, -0.2) is 44.8 Å². The molecule has 8 heteroatoms. The molecule has 0 unspecified atom stereocenters. The van der Waals surface area contributed by atoms with Gasteiger partial charge < -0.3 is 10.1 Å². The molecular formula is C22H26N2O5S. The van der Waals surface area contributed by atoms with Crippen LogP contribution in [0.15, 0.2) is 47.4 Å². The third-order valence-corrected chi connectivity index (χ3v) is 7.11. The number of carbonyl (C=O) groups is 2. The number of benzene rings is 2. The van der Waals surface area contributed by atoms with Gasteiger partial charge in [0.2, 0.25) is 10.0 Å². The van der Waals surface area contributed by atoms with Crippen molar-refractivity contribution in [3.8, 4) is 0 Å². The number of sulfonamides is 1. The van der Waals surface area contributed by atoms with E-state index in [4.69, 9.17) is 0 Å². The highest BCUT2D eigenvalue weighted by Crippen LogP contribution is 2.23. The lowest BCUT2D eigenvalue weighted by molar-refractivity contribution is 0.0600. The van der Waals surface area contributed by atoms with Crippen LogP contribution < -0.4 is 5.32 Å². The summed E-state index contributed by atoms with van der Waals surface area (Å²) in [7, 11) is -2.35. The van der Waals surface area contributed by atoms with Gasteiger partial charge in [-0.15, -0.1) is 0 Å². The SMILES string of the molecule is COC(=O)c1ccc(NC(=O)c2cc(S(=O)(=O)N3CCCCCC3)ccc2C)cc1. The molecule has 1 fully saturated rings. The smallest absolute Gasteiger partial charge is 0.337 e. The number of ether oxygens (including phenoxy) is 1. The van der Waals surface area contributed by atoms with Crippen LogP contribution in [0.5, 0.6) is 0 Å². The molecule has 0 aliphatic carbocycles. The molecule has 0 atom stereocenters. The number of nitrogens with one attached hydrogen (secondary N) is 1. The lowest BCUT2D eigenvalue weighted by Gasteiger charge is -2.20. The van der Waals surface area contributed by atoms with Crippen LogP contribution in [-0.2, 0) is 14.8 Å². The lowest BCUT2D eigenvalue weighted by Crippen LogP contribution is -2.32. The van der Waals surface area contributed by atoms with Crippen LogP contribution in [0, 0.1) is 6.92 Å². The zero-order valence-corrected chi connectivity index (χ0v) is 18.0. The molecule has 0 spiro atoms. The number of hydrogen-bond donors (Lipinski definition) is 1. The summed E-state index contributed by atoms with van der Waals surface area (Å²) in [6.45, 7) is 2.77. The largest absolute Gasteiger partial charge is 0.465 e. The molecule has 30 heavy (non-hydrogen) atoms. The molecule has 1 aliphatic rings. The fraction of sp³-hybridized carbons (Fsp3) is 0.364. The van der Waals surface area contributed by atoms with E-state index in [0.717, 1.165) is 25.7 Å². The van der Waals surface area contributed by atoms with Crippen molar-refractivity contribution in [2.75, 3.05) is 25.5 Å². The summed E-state index contributed by atoms with van der Waals surface area (Å²) < 4.78 is 32.3. The van der Waals surface area contributed by atoms with E-state index in [0.29, 0.717) is 35.5 Å². The molecule has 2 aromatic rings. The molecule has 0 bridgehead atoms. The zero-order valence-electron chi connectivity index (χ0n) is 17.2. The number of esters is 1. The quantitative estimate of drug-likeness (QED) is 0.732. The monoisotopic (exact) mass is 430 g/mol. The van der Waals surface area contributed by atoms with Crippen LogP contribution >= 0.6 is 0 Å². The van der Waals surface area contributed by atoms with Crippen molar-refractivity contribution >= 4 is 27.6 Å². The van der Waals surface area contributed by atoms with Crippen molar-refractivity contribution in [1.29, 1.82) is 0 Å². The van der Waals surface area contributed by atoms with Gasteiger partial charge in [0, 0.05) is 24.3 Å². The molecular weight excluding hydrogens is 404 g/mol. The van der Waals surface area contributed by atoms with Gasteiger partial charge in [-0.3, -0.25) is 4.79 Å². The average molecular weight is 431 g/mol. The third-order valence-electron chi connectivity index (χ3n) is 5.22. The molecule has 1 aliphatic heterocycles. The minimum absolute atomic E-state index is 0.126. The average Bonchev–Trinajstić information content (AvgIpc) is 3.04. The first-order valence-corrected chi connectivity index (χ1v) is 11.4. The Morgan fingerprint density at radius 1 is 0.967 bits per heavy atom. The van der Waals surface area contributed by atoms with Gasteiger partial charge >= 0.3 is 5.97 Å². The number of carbonyl (C=O) groups excluding carboxylic acids is 2. The molecule has 1 heterocycles. The van der Waals surface area contributed by atoms with Crippen molar-refractivity contribution in [2.24, 2.45) is 0 Å². The number of amides is 1. The Balaban J connectivity index is 1.82. The van der Waals surface area contributed by atoms with Crippen molar-refractivity contribution in [3.63, 3.8) is 0 Å². The van der Waals surface area contributed by atoms with Crippen LogP contribution in [0.4, 0.5) is 5.69 Å². The second-order valence-corrected chi connectivity index (χ2v) is 9.26. The van der Waals surface area contributed by atoms with Crippen molar-refractivity contribution in [1.82, 2.24) is 4.31 Å². The normalized spacial score (nSPS) is 15.3. The number of anilines is 1. The molecule has 1 saturated heterocycles. The first-order chi connectivity index (χ1) is 14.3. The summed E-state index contributed by atoms with van der Waals surface area (Å²) >= 11 is 0. The maximum absolute atomic E-state index is 13.1. The molecule has 1 N–H and O–H groups in total. The third kappa shape index (κ3) is 4.88. The summed E-state index contributed by atoms with van der Waals surface area (Å²) in [6, 6.07) is 10.9.